The first-order chi connectivity index (χ1) is 37.6. The average molecular weight is 1260 g/mol. The molecule has 24 nitrogen and oxygen atoms in total. The Morgan fingerprint density at radius 1 is 1.06 bits per heavy atom. The summed E-state index contributed by atoms with van der Waals surface area (Å²) in [5.41, 5.74) is 0.492. The number of benzene rings is 3. The number of sulfonamides is 1. The highest BCUT2D eigenvalue weighted by Crippen LogP contribution is 2.38. The van der Waals surface area contributed by atoms with Crippen LogP contribution in [0.1, 0.15) is 47.8 Å². The fourth-order valence-electron chi connectivity index (χ4n) is 6.64. The number of halogens is 6. The van der Waals surface area contributed by atoms with Gasteiger partial charge in [-0.15, -0.1) is 6.42 Å². The summed E-state index contributed by atoms with van der Waals surface area (Å²) in [7, 11) is -5.51. The number of alkyl halides is 3. The zero-order valence-electron chi connectivity index (χ0n) is 44.3. The van der Waals surface area contributed by atoms with Crippen molar-refractivity contribution in [1.29, 1.82) is 0 Å². The Hall–Kier alpha value is -6.62. The van der Waals surface area contributed by atoms with Crippen LogP contribution in [0.2, 0.25) is 10.0 Å². The lowest BCUT2D eigenvalue weighted by atomic mass is 9.92. The molecule has 0 saturated heterocycles. The average Bonchev–Trinajstić information content (AvgIpc) is 4.12. The summed E-state index contributed by atoms with van der Waals surface area (Å²) >= 11 is 12.6. The minimum atomic E-state index is -4.45. The Morgan fingerprint density at radius 3 is 2.27 bits per heavy atom. The molecule has 4 heterocycles. The van der Waals surface area contributed by atoms with Crippen molar-refractivity contribution in [2.45, 2.75) is 57.7 Å². The molecule has 0 spiro atoms. The summed E-state index contributed by atoms with van der Waals surface area (Å²) in [6, 6.07) is 9.46. The van der Waals surface area contributed by atoms with Crippen LogP contribution < -0.4 is 44.2 Å². The normalized spacial score (nSPS) is 14.0. The van der Waals surface area contributed by atoms with Crippen LogP contribution in [0.3, 0.4) is 0 Å². The lowest BCUT2D eigenvalue weighted by molar-refractivity contribution is -0.193. The molecule has 2 aliphatic heterocycles. The fourth-order valence-corrected chi connectivity index (χ4v) is 9.43. The first kappa shape index (κ1) is 68.7. The standard InChI is InChI=1S/C18H17FN4O2S.C15H16F3N5O4S.C8H6Cl2O3.C3H8NO5P.C3H9S/c1-4-5-22-13-7-12(11(19)6-14(13)25-9-16(22)24)20-17-23-10-18(2,3)8-15(23)21-26-17;1-9-19-12(22-14(20-9)27-2)21-13(24)23-28(25,26)11-6-4-3-5-10(11)7-8-15(16,17)18;1-13-7-5(10)3-2-4(9)6(7)8(11)12;5-3(6)1-4-2-10(7,8)9;1-4(2)3/h1,6-7H,5,8-10H2,2-3H3;3-6H,7-8H2,1-2H3,(H2,19,20,21,22,23,24);2-3H,1H3,(H,11,12);4H,1-2H2,(H,5,6)(H2,7,8,9);1-3H3/q;;;;+1/p-1/b20-17-;;;;. The highest BCUT2D eigenvalue weighted by atomic mass is 35.5. The van der Waals surface area contributed by atoms with Crippen molar-refractivity contribution in [3.8, 4) is 29.9 Å². The molecule has 3 aromatic carbocycles. The molecule has 5 aromatic rings. The van der Waals surface area contributed by atoms with Gasteiger partial charge in [-0.25, -0.2) is 32.1 Å². The number of amides is 3. The van der Waals surface area contributed by atoms with Crippen LogP contribution in [-0.4, -0.2) is 136 Å². The van der Waals surface area contributed by atoms with Crippen molar-refractivity contribution in [3.05, 3.63) is 92.0 Å². The number of nitrogens with zero attached hydrogens (tertiary/aromatic N) is 7. The van der Waals surface area contributed by atoms with Crippen LogP contribution in [0.4, 0.5) is 39.7 Å². The van der Waals surface area contributed by atoms with Crippen LogP contribution in [0.25, 0.3) is 0 Å². The Morgan fingerprint density at radius 2 is 1.70 bits per heavy atom. The summed E-state index contributed by atoms with van der Waals surface area (Å²) in [6.07, 6.45) is 5.89. The molecule has 0 saturated carbocycles. The Labute approximate surface area is 479 Å². The van der Waals surface area contributed by atoms with Gasteiger partial charge < -0.3 is 43.3 Å². The van der Waals surface area contributed by atoms with Crippen molar-refractivity contribution in [3.63, 3.8) is 0 Å². The number of methoxy groups -OCH3 is 2. The quantitative estimate of drug-likeness (QED) is 0.0331. The first-order valence-corrected chi connectivity index (χ1v) is 30.1. The SMILES string of the molecule is C#CCN1C(=O)COc2cc(F)c(/N=c3\snc4n3CC(C)(C)C4)cc21.COc1c(Cl)ccc(Cl)c1C(=O)O.COc1nc(C)nc(NC(=O)NS(=O)(=O)c2ccccc2CCC(F)(F)F)n1.C[S+](C)C.O=C(O)CNCP(=O)([O-])O. The number of aromatic nitrogens is 5. The maximum absolute atomic E-state index is 14.5. The van der Waals surface area contributed by atoms with Gasteiger partial charge in [-0.2, -0.15) is 32.5 Å². The number of hydrogen-bond acceptors (Lipinski definition) is 18. The van der Waals surface area contributed by atoms with Crippen LogP contribution in [-0.2, 0) is 54.5 Å². The van der Waals surface area contributed by atoms with E-state index in [2.05, 4.69) is 68.2 Å². The van der Waals surface area contributed by atoms with Crippen molar-refractivity contribution < 1.29 is 83.9 Å². The van der Waals surface area contributed by atoms with E-state index in [-0.39, 0.29) is 74.9 Å². The molecule has 3 amide bonds. The molecule has 2 aromatic heterocycles. The van der Waals surface area contributed by atoms with Gasteiger partial charge in [-0.1, -0.05) is 61.2 Å². The third-order valence-corrected chi connectivity index (χ3v) is 13.2. The molecule has 0 radical (unpaired) electrons. The second-order valence-electron chi connectivity index (χ2n) is 17.7. The number of aliphatic carboxylic acids is 1. The van der Waals surface area contributed by atoms with E-state index in [0.29, 0.717) is 27.1 Å². The monoisotopic (exact) mass is 1260 g/mol. The lowest BCUT2D eigenvalue weighted by Crippen LogP contribution is -2.39. The topological polar surface area (TPSA) is 339 Å². The number of carbonyl (C=O) groups is 4. The van der Waals surface area contributed by atoms with E-state index in [9.17, 15) is 54.6 Å². The van der Waals surface area contributed by atoms with Gasteiger partial charge in [0.1, 0.15) is 36.2 Å². The minimum absolute atomic E-state index is 0.0715. The molecular formula is C47H55Cl2F4N10O14PS3. The van der Waals surface area contributed by atoms with E-state index < -0.39 is 78.2 Å². The highest BCUT2D eigenvalue weighted by Gasteiger charge is 2.32. The molecule has 442 valence electrons. The van der Waals surface area contributed by atoms with Gasteiger partial charge in [-0.05, 0) is 59.5 Å². The smallest absolute Gasteiger partial charge is 0.389 e. The largest absolute Gasteiger partial charge is 0.778 e. The number of hydrogen-bond donors (Lipinski definition) is 6. The highest BCUT2D eigenvalue weighted by molar-refractivity contribution is 7.94. The molecule has 34 heteroatoms. The van der Waals surface area contributed by atoms with Crippen LogP contribution in [0, 0.1) is 30.5 Å². The van der Waals surface area contributed by atoms with Gasteiger partial charge in [0, 0.05) is 37.0 Å². The number of terminal acetylenes is 1. The van der Waals surface area contributed by atoms with Crippen molar-refractivity contribution in [1.82, 2.24) is 33.9 Å². The molecule has 6 N–H and O–H groups in total. The van der Waals surface area contributed by atoms with Gasteiger partial charge in [0.2, 0.25) is 10.7 Å². The Bertz CT molecular complexity index is 3340. The first-order valence-electron chi connectivity index (χ1n) is 22.9. The number of carbonyl (C=O) groups excluding carboxylic acids is 2. The van der Waals surface area contributed by atoms with Crippen LogP contribution in [0.15, 0.2) is 58.4 Å². The van der Waals surface area contributed by atoms with Crippen molar-refractivity contribution in [2.75, 3.05) is 69.2 Å². The van der Waals surface area contributed by atoms with Crippen molar-refractivity contribution >= 4 is 104 Å². The van der Waals surface area contributed by atoms with E-state index in [0.717, 1.165) is 24.9 Å². The van der Waals surface area contributed by atoms with Gasteiger partial charge in [0.25, 0.3) is 15.9 Å². The maximum Gasteiger partial charge on any atom is 0.389 e. The molecule has 81 heavy (non-hydrogen) atoms. The lowest BCUT2D eigenvalue weighted by Gasteiger charge is -2.28. The predicted molar refractivity (Wildman–Crippen MR) is 293 cm³/mol. The van der Waals surface area contributed by atoms with E-state index in [1.807, 2.05) is 9.88 Å². The fraction of sp³-hybridized carbons (Fsp3) is 0.383. The molecule has 2 aliphatic rings. The zero-order chi connectivity index (χ0) is 61.2. The number of aryl methyl sites for hydroxylation is 2. The summed E-state index contributed by atoms with van der Waals surface area (Å²) in [6.45, 7) is 6.08. The third-order valence-electron chi connectivity index (χ3n) is 9.80. The summed E-state index contributed by atoms with van der Waals surface area (Å²) in [4.78, 5) is 80.0. The molecule has 0 fully saturated rings. The second kappa shape index (κ2) is 30.4. The number of urea groups is 1. The van der Waals surface area contributed by atoms with Gasteiger partial charge in [0.05, 0.1) is 73.0 Å². The molecule has 1 atom stereocenters. The van der Waals surface area contributed by atoms with Gasteiger partial charge in [-0.3, -0.25) is 25.1 Å². The number of nitrogens with one attached hydrogen (secondary N) is 3. The van der Waals surface area contributed by atoms with E-state index in [1.165, 1.54) is 80.0 Å². The molecule has 0 aliphatic carbocycles. The summed E-state index contributed by atoms with van der Waals surface area (Å²) < 4.78 is 110. The number of aromatic carboxylic acids is 1. The van der Waals surface area contributed by atoms with Crippen LogP contribution >= 0.6 is 42.3 Å². The second-order valence-corrected chi connectivity index (χ2v) is 25.0. The predicted octanol–water partition coefficient (Wildman–Crippen LogP) is 5.81. The summed E-state index contributed by atoms with van der Waals surface area (Å²) in [5.74, 6) is 0.621. The number of anilines is 2. The Balaban J connectivity index is 0.000000297. The number of ether oxygens (including phenoxy) is 3. The molecule has 0 bridgehead atoms. The van der Waals surface area contributed by atoms with Gasteiger partial charge >= 0.3 is 30.2 Å². The number of rotatable bonds is 14. The zero-order valence-corrected chi connectivity index (χ0v) is 49.1. The van der Waals surface area contributed by atoms with E-state index in [1.54, 1.807) is 4.72 Å². The number of fused-ring (bicyclic) bond motifs is 2. The Kier molecular flexibility index (Phi) is 25.8. The maximum atomic E-state index is 14.5. The minimum Gasteiger partial charge on any atom is -0.778 e. The third kappa shape index (κ3) is 22.7. The number of carboxylic acid groups (broad SMARTS) is 2. The van der Waals surface area contributed by atoms with Crippen molar-refractivity contribution in [2.24, 2.45) is 10.4 Å². The summed E-state index contributed by atoms with van der Waals surface area (Å²) in [5, 5.41) is 21.2. The van der Waals surface area contributed by atoms with E-state index in [4.69, 9.17) is 58.9 Å². The van der Waals surface area contributed by atoms with Crippen LogP contribution in [0.5, 0.6) is 17.5 Å². The van der Waals surface area contributed by atoms with Gasteiger partial charge in [0.15, 0.2) is 18.2 Å². The molecule has 7 rings (SSSR count). The van der Waals surface area contributed by atoms with E-state index >= 15 is 0 Å². The molecule has 1 unspecified atom stereocenters. The molecular weight excluding hydrogens is 1200 g/mol. The number of carboxylic acids is 2.